The van der Waals surface area contributed by atoms with Crippen LogP contribution in [0.3, 0.4) is 0 Å². The number of aromatic nitrogens is 4. The van der Waals surface area contributed by atoms with Crippen LogP contribution >= 0.6 is 35.0 Å². The lowest BCUT2D eigenvalue weighted by Crippen LogP contribution is -2.03. The highest BCUT2D eigenvalue weighted by molar-refractivity contribution is 7.99. The number of halogens is 2. The lowest BCUT2D eigenvalue weighted by Gasteiger charge is -2.11. The fourth-order valence-electron chi connectivity index (χ4n) is 2.72. The Morgan fingerprint density at radius 3 is 2.41 bits per heavy atom. The van der Waals surface area contributed by atoms with Crippen LogP contribution in [0.25, 0.3) is 17.1 Å². The third-order valence-electron chi connectivity index (χ3n) is 4.07. The summed E-state index contributed by atoms with van der Waals surface area (Å²) in [5, 5.41) is 10.8. The lowest BCUT2D eigenvalue weighted by atomic mass is 10.2. The molecule has 5 nitrogen and oxygen atoms in total. The van der Waals surface area contributed by atoms with E-state index in [-0.39, 0.29) is 0 Å². The van der Waals surface area contributed by atoms with Gasteiger partial charge >= 0.3 is 0 Å². The first kappa shape index (κ1) is 19.8. The summed E-state index contributed by atoms with van der Waals surface area (Å²) >= 11 is 13.8. The van der Waals surface area contributed by atoms with Crippen molar-refractivity contribution in [2.75, 3.05) is 12.4 Å². The Morgan fingerprint density at radius 1 is 0.897 bits per heavy atom. The van der Waals surface area contributed by atoms with Crippen LogP contribution in [0, 0.1) is 0 Å². The van der Waals surface area contributed by atoms with Crippen molar-refractivity contribution < 1.29 is 4.74 Å². The van der Waals surface area contributed by atoms with Crippen LogP contribution in [-0.2, 0) is 0 Å². The van der Waals surface area contributed by atoms with E-state index >= 15 is 0 Å². The summed E-state index contributed by atoms with van der Waals surface area (Å²) in [5.74, 6) is 2.10. The number of thioether (sulfide) groups is 1. The van der Waals surface area contributed by atoms with Crippen molar-refractivity contribution in [3.63, 3.8) is 0 Å². The van der Waals surface area contributed by atoms with Crippen LogP contribution in [0.1, 0.15) is 0 Å². The molecule has 2 aromatic carbocycles. The fourth-order valence-corrected chi connectivity index (χ4v) is 3.81. The van der Waals surface area contributed by atoms with Crippen LogP contribution in [-0.4, -0.2) is 32.1 Å². The zero-order valence-electron chi connectivity index (χ0n) is 15.2. The quantitative estimate of drug-likeness (QED) is 0.267. The van der Waals surface area contributed by atoms with Gasteiger partial charge in [0, 0.05) is 34.4 Å². The van der Waals surface area contributed by atoms with Crippen LogP contribution in [0.15, 0.2) is 78.2 Å². The Bertz CT molecular complexity index is 1090. The molecule has 4 rings (SSSR count). The normalized spacial score (nSPS) is 10.8. The van der Waals surface area contributed by atoms with Gasteiger partial charge in [-0.3, -0.25) is 9.55 Å². The lowest BCUT2D eigenvalue weighted by molar-refractivity contribution is 0.344. The van der Waals surface area contributed by atoms with Gasteiger partial charge in [-0.05, 0) is 48.5 Å². The molecular weight excluding hydrogens is 427 g/mol. The summed E-state index contributed by atoms with van der Waals surface area (Å²) < 4.78 is 7.78. The van der Waals surface area contributed by atoms with Gasteiger partial charge in [-0.1, -0.05) is 47.1 Å². The molecule has 0 bridgehead atoms. The van der Waals surface area contributed by atoms with E-state index in [4.69, 9.17) is 27.9 Å². The van der Waals surface area contributed by atoms with Gasteiger partial charge in [-0.15, -0.1) is 10.2 Å². The topological polar surface area (TPSA) is 52.8 Å². The minimum absolute atomic E-state index is 0.493. The molecule has 0 aliphatic rings. The monoisotopic (exact) mass is 442 g/mol. The van der Waals surface area contributed by atoms with Crippen molar-refractivity contribution in [1.82, 2.24) is 19.7 Å². The number of benzene rings is 2. The first-order valence-corrected chi connectivity index (χ1v) is 10.6. The summed E-state index contributed by atoms with van der Waals surface area (Å²) in [6.45, 7) is 0.493. The number of nitrogens with zero attached hydrogens (tertiary/aromatic N) is 4. The van der Waals surface area contributed by atoms with E-state index in [1.165, 1.54) is 0 Å². The van der Waals surface area contributed by atoms with Gasteiger partial charge in [0.15, 0.2) is 11.0 Å². The molecule has 0 aliphatic heterocycles. The number of hydrogen-bond donors (Lipinski definition) is 0. The minimum Gasteiger partial charge on any atom is -0.491 e. The average Bonchev–Trinajstić information content (AvgIpc) is 3.17. The molecule has 4 aromatic rings. The van der Waals surface area contributed by atoms with Crippen molar-refractivity contribution in [2.24, 2.45) is 0 Å². The maximum Gasteiger partial charge on any atom is 0.196 e. The van der Waals surface area contributed by atoms with Crippen molar-refractivity contribution >= 4 is 35.0 Å². The average molecular weight is 443 g/mol. The molecule has 0 aliphatic carbocycles. The van der Waals surface area contributed by atoms with Gasteiger partial charge in [0.1, 0.15) is 5.75 Å². The van der Waals surface area contributed by atoms with E-state index in [0.717, 1.165) is 22.2 Å². The third kappa shape index (κ3) is 4.72. The number of pyridine rings is 1. The van der Waals surface area contributed by atoms with Crippen LogP contribution in [0.5, 0.6) is 5.75 Å². The van der Waals surface area contributed by atoms with Crippen LogP contribution in [0.4, 0.5) is 0 Å². The molecule has 0 saturated carbocycles. The van der Waals surface area contributed by atoms with Crippen LogP contribution in [0.2, 0.25) is 10.0 Å². The highest BCUT2D eigenvalue weighted by Gasteiger charge is 2.16. The molecule has 0 atom stereocenters. The highest BCUT2D eigenvalue weighted by atomic mass is 35.5. The van der Waals surface area contributed by atoms with Gasteiger partial charge < -0.3 is 4.74 Å². The van der Waals surface area contributed by atoms with Gasteiger partial charge in [0.05, 0.1) is 11.6 Å². The number of ether oxygens (including phenoxy) is 1. The molecule has 29 heavy (non-hydrogen) atoms. The maximum atomic E-state index is 6.14. The van der Waals surface area contributed by atoms with Gasteiger partial charge in [-0.25, -0.2) is 0 Å². The third-order valence-corrected chi connectivity index (χ3v) is 5.52. The maximum absolute atomic E-state index is 6.14. The smallest absolute Gasteiger partial charge is 0.196 e. The number of rotatable bonds is 7. The predicted octanol–water partition coefficient (Wildman–Crippen LogP) is 5.81. The SMILES string of the molecule is Clc1ccc(-n2c(SCCOc3ccccc3Cl)nnc2-c2ccncc2)cc1. The standard InChI is InChI=1S/C21H16Cl2N4OS/c22-16-5-7-17(8-6-16)27-20(15-9-11-24-12-10-15)25-26-21(27)29-14-13-28-19-4-2-1-3-18(19)23/h1-12H,13-14H2. The van der Waals surface area contributed by atoms with E-state index in [2.05, 4.69) is 15.2 Å². The fraction of sp³-hybridized carbons (Fsp3) is 0.0952. The molecule has 0 fully saturated rings. The van der Waals surface area contributed by atoms with Gasteiger partial charge in [0.25, 0.3) is 0 Å². The summed E-state index contributed by atoms with van der Waals surface area (Å²) in [7, 11) is 0. The summed E-state index contributed by atoms with van der Waals surface area (Å²) in [4.78, 5) is 4.08. The van der Waals surface area contributed by atoms with E-state index in [0.29, 0.717) is 28.2 Å². The summed E-state index contributed by atoms with van der Waals surface area (Å²) in [6.07, 6.45) is 3.47. The molecule has 2 aromatic heterocycles. The Labute approximate surface area is 182 Å². The predicted molar refractivity (Wildman–Crippen MR) is 117 cm³/mol. The molecule has 0 radical (unpaired) electrons. The van der Waals surface area contributed by atoms with Crippen molar-refractivity contribution in [3.05, 3.63) is 83.1 Å². The zero-order valence-corrected chi connectivity index (χ0v) is 17.5. The van der Waals surface area contributed by atoms with Crippen molar-refractivity contribution in [1.29, 1.82) is 0 Å². The number of hydrogen-bond acceptors (Lipinski definition) is 5. The Kier molecular flexibility index (Phi) is 6.34. The molecule has 0 unspecified atom stereocenters. The summed E-state index contributed by atoms with van der Waals surface area (Å²) in [6, 6.07) is 18.8. The molecule has 0 spiro atoms. The molecular formula is C21H16Cl2N4OS. The minimum atomic E-state index is 0.493. The number of para-hydroxylation sites is 1. The Balaban J connectivity index is 1.56. The first-order valence-electron chi connectivity index (χ1n) is 8.84. The van der Waals surface area contributed by atoms with Gasteiger partial charge in [-0.2, -0.15) is 0 Å². The molecule has 146 valence electrons. The second kappa shape index (κ2) is 9.31. The van der Waals surface area contributed by atoms with Gasteiger partial charge in [0.2, 0.25) is 0 Å². The van der Waals surface area contributed by atoms with E-state index < -0.39 is 0 Å². The van der Waals surface area contributed by atoms with E-state index in [9.17, 15) is 0 Å². The molecule has 0 amide bonds. The second-order valence-corrected chi connectivity index (χ2v) is 7.89. The van der Waals surface area contributed by atoms with Crippen molar-refractivity contribution in [3.8, 4) is 22.8 Å². The first-order chi connectivity index (χ1) is 14.2. The highest BCUT2D eigenvalue weighted by Crippen LogP contribution is 2.29. The van der Waals surface area contributed by atoms with Crippen molar-refractivity contribution in [2.45, 2.75) is 5.16 Å². The largest absolute Gasteiger partial charge is 0.491 e. The molecule has 0 N–H and O–H groups in total. The van der Waals surface area contributed by atoms with E-state index in [1.807, 2.05) is 65.2 Å². The molecule has 0 saturated heterocycles. The molecule has 8 heteroatoms. The Morgan fingerprint density at radius 2 is 1.66 bits per heavy atom. The zero-order chi connectivity index (χ0) is 20.1. The van der Waals surface area contributed by atoms with E-state index in [1.54, 1.807) is 24.2 Å². The van der Waals surface area contributed by atoms with Crippen LogP contribution < -0.4 is 4.74 Å². The molecule has 2 heterocycles. The Hall–Kier alpha value is -2.54. The second-order valence-electron chi connectivity index (χ2n) is 5.98. The summed E-state index contributed by atoms with van der Waals surface area (Å²) in [5.41, 5.74) is 1.86.